The van der Waals surface area contributed by atoms with Gasteiger partial charge in [-0.05, 0) is 63.8 Å². The van der Waals surface area contributed by atoms with E-state index in [1.54, 1.807) is 6.92 Å². The van der Waals surface area contributed by atoms with Gasteiger partial charge in [0.2, 0.25) is 6.79 Å². The van der Waals surface area contributed by atoms with E-state index in [2.05, 4.69) is 11.0 Å². The van der Waals surface area contributed by atoms with Gasteiger partial charge in [0.05, 0.1) is 18.1 Å². The van der Waals surface area contributed by atoms with E-state index in [9.17, 15) is 20.1 Å². The number of aliphatic hydroxyl groups is 1. The number of aromatic hydroxyl groups is 2. The second kappa shape index (κ2) is 9.03. The molecular weight excluding hydrogens is 488 g/mol. The molecule has 1 saturated heterocycles. The molecular formula is C29H36N2O7. The fourth-order valence-electron chi connectivity index (χ4n) is 7.13. The van der Waals surface area contributed by atoms with E-state index in [4.69, 9.17) is 14.2 Å². The summed E-state index contributed by atoms with van der Waals surface area (Å²) in [6.07, 6.45) is 1.10. The normalized spacial score (nSPS) is 27.5. The third kappa shape index (κ3) is 3.45. The van der Waals surface area contributed by atoms with Crippen LogP contribution in [-0.4, -0.2) is 69.8 Å². The maximum absolute atomic E-state index is 12.5. The average molecular weight is 525 g/mol. The number of benzene rings is 2. The van der Waals surface area contributed by atoms with E-state index in [1.165, 1.54) is 0 Å². The predicted octanol–water partition coefficient (Wildman–Crippen LogP) is 3.29. The van der Waals surface area contributed by atoms with Gasteiger partial charge in [-0.15, -0.1) is 0 Å². The van der Waals surface area contributed by atoms with Crippen LogP contribution in [0.25, 0.3) is 0 Å². The zero-order chi connectivity index (χ0) is 27.0. The van der Waals surface area contributed by atoms with Crippen LogP contribution in [0.1, 0.15) is 70.8 Å². The van der Waals surface area contributed by atoms with Crippen LogP contribution in [0, 0.1) is 20.8 Å². The zero-order valence-electron chi connectivity index (χ0n) is 22.6. The Bertz CT molecular complexity index is 1330. The molecule has 1 unspecified atom stereocenters. The zero-order valence-corrected chi connectivity index (χ0v) is 22.6. The van der Waals surface area contributed by atoms with Gasteiger partial charge in [-0.25, -0.2) is 0 Å². The number of hydrogen-bond acceptors (Lipinski definition) is 9. The van der Waals surface area contributed by atoms with E-state index < -0.39 is 12.3 Å². The number of hydrogen-bond donors (Lipinski definition) is 3. The van der Waals surface area contributed by atoms with Crippen molar-refractivity contribution in [3.8, 4) is 23.0 Å². The third-order valence-corrected chi connectivity index (χ3v) is 9.15. The number of piperazine rings is 1. The quantitative estimate of drug-likeness (QED) is 0.519. The second-order valence-corrected chi connectivity index (χ2v) is 11.1. The summed E-state index contributed by atoms with van der Waals surface area (Å²) in [6, 6.07) is 0.797. The van der Waals surface area contributed by atoms with Crippen LogP contribution < -0.4 is 9.47 Å². The Labute approximate surface area is 222 Å². The predicted molar refractivity (Wildman–Crippen MR) is 138 cm³/mol. The van der Waals surface area contributed by atoms with E-state index in [0.717, 1.165) is 22.3 Å². The van der Waals surface area contributed by atoms with Crippen molar-refractivity contribution in [1.29, 1.82) is 0 Å². The molecule has 9 heteroatoms. The molecule has 2 bridgehead atoms. The second-order valence-electron chi connectivity index (χ2n) is 11.1. The van der Waals surface area contributed by atoms with Crippen LogP contribution in [-0.2, 0) is 22.4 Å². The number of ether oxygens (including phenoxy) is 3. The molecule has 38 heavy (non-hydrogen) atoms. The number of phenols is 2. The maximum atomic E-state index is 12.5. The van der Waals surface area contributed by atoms with Crippen LogP contribution in [0.4, 0.5) is 0 Å². The lowest BCUT2D eigenvalue weighted by atomic mass is 9.73. The third-order valence-electron chi connectivity index (χ3n) is 9.15. The van der Waals surface area contributed by atoms with Gasteiger partial charge in [0.15, 0.2) is 11.5 Å². The number of carbonyl (C=O) groups excluding carboxylic acids is 1. The van der Waals surface area contributed by atoms with Gasteiger partial charge in [-0.2, -0.15) is 0 Å². The molecule has 204 valence electrons. The van der Waals surface area contributed by atoms with Crippen LogP contribution in [0.15, 0.2) is 6.07 Å². The highest BCUT2D eigenvalue weighted by Gasteiger charge is 2.56. The summed E-state index contributed by atoms with van der Waals surface area (Å²) < 4.78 is 17.4. The van der Waals surface area contributed by atoms with Crippen molar-refractivity contribution in [3.05, 3.63) is 45.0 Å². The molecule has 0 saturated carbocycles. The molecule has 0 aromatic heterocycles. The number of carbonyl (C=O) groups is 1. The maximum Gasteiger partial charge on any atom is 0.305 e. The van der Waals surface area contributed by atoms with Crippen LogP contribution in [0.3, 0.4) is 0 Å². The number of phenolic OH excluding ortho intramolecular Hbond substituents is 2. The van der Waals surface area contributed by atoms with Gasteiger partial charge in [0, 0.05) is 34.7 Å². The molecule has 4 aliphatic rings. The molecule has 0 aliphatic carbocycles. The van der Waals surface area contributed by atoms with Gasteiger partial charge in [-0.1, -0.05) is 13.0 Å². The van der Waals surface area contributed by atoms with Gasteiger partial charge < -0.3 is 29.5 Å². The molecule has 2 aromatic carbocycles. The number of aliphatic hydroxyl groups excluding tert-OH is 1. The number of rotatable bonds is 4. The highest BCUT2D eigenvalue weighted by atomic mass is 16.7. The first-order valence-electron chi connectivity index (χ1n) is 13.4. The minimum atomic E-state index is -0.873. The minimum Gasteiger partial charge on any atom is -0.507 e. The highest BCUT2D eigenvalue weighted by Crippen LogP contribution is 2.57. The molecule has 6 rings (SSSR count). The molecule has 9 nitrogen and oxygen atoms in total. The standard InChI is InChI=1S/C29H36N2O7/c1-6-7-21(32)36-11-20-23-17(25(33)15(4)27-28(23)38-12-37-27)10-18-24-22-16(8-13(2)14(3)26(22)34)9-19(30(24)5)29(35)31(18)20/h8,18-20,24,29,33-35H,6-7,9-12H2,1-5H3/t18?,19-,20-,24+,29-/m0/s1. The SMILES string of the molecule is CCCC(=O)OC[C@H]1c2c(c(O)c(C)c3c2OCO3)CC2[C@@H]3c4c(cc(C)c(C)c4O)C[C@@H]([C@H](O)N21)N3C. The van der Waals surface area contributed by atoms with Gasteiger partial charge in [0.1, 0.15) is 24.3 Å². The number of nitrogens with zero attached hydrogens (tertiary/aromatic N) is 2. The van der Waals surface area contributed by atoms with Crippen molar-refractivity contribution in [2.24, 2.45) is 0 Å². The van der Waals surface area contributed by atoms with Gasteiger partial charge in [0.25, 0.3) is 0 Å². The molecule has 3 N–H and O–H groups in total. The molecule has 0 amide bonds. The first kappa shape index (κ1) is 25.3. The van der Waals surface area contributed by atoms with Gasteiger partial charge >= 0.3 is 5.97 Å². The number of likely N-dealkylation sites (N-methyl/N-ethyl adjacent to an activating group) is 1. The topological polar surface area (TPSA) is 112 Å². The Kier molecular flexibility index (Phi) is 6.01. The highest BCUT2D eigenvalue weighted by molar-refractivity contribution is 5.70. The number of esters is 1. The van der Waals surface area contributed by atoms with E-state index >= 15 is 0 Å². The van der Waals surface area contributed by atoms with Crippen LogP contribution in [0.2, 0.25) is 0 Å². The number of fused-ring (bicyclic) bond motifs is 9. The van der Waals surface area contributed by atoms with E-state index in [0.29, 0.717) is 53.9 Å². The summed E-state index contributed by atoms with van der Waals surface area (Å²) in [5.41, 5.74) is 5.79. The average Bonchev–Trinajstić information content (AvgIpc) is 3.37. The minimum absolute atomic E-state index is 0.00656. The fraction of sp³-hybridized carbons (Fsp3) is 0.552. The summed E-state index contributed by atoms with van der Waals surface area (Å²) in [5, 5.41) is 34.6. The Morgan fingerprint density at radius 1 is 1.05 bits per heavy atom. The first-order valence-corrected chi connectivity index (χ1v) is 13.4. The molecule has 0 radical (unpaired) electrons. The Hall–Kier alpha value is -3.01. The summed E-state index contributed by atoms with van der Waals surface area (Å²) in [5.74, 6) is 1.14. The first-order chi connectivity index (χ1) is 18.1. The van der Waals surface area contributed by atoms with Crippen molar-refractivity contribution >= 4 is 5.97 Å². The Balaban J connectivity index is 1.54. The van der Waals surface area contributed by atoms with Crippen molar-refractivity contribution in [2.45, 2.75) is 83.8 Å². The van der Waals surface area contributed by atoms with Crippen molar-refractivity contribution in [3.63, 3.8) is 0 Å². The van der Waals surface area contributed by atoms with Crippen molar-refractivity contribution in [1.82, 2.24) is 9.80 Å². The molecule has 1 fully saturated rings. The lowest BCUT2D eigenvalue weighted by Gasteiger charge is -2.60. The smallest absolute Gasteiger partial charge is 0.305 e. The lowest BCUT2D eigenvalue weighted by Crippen LogP contribution is -2.68. The molecule has 0 spiro atoms. The summed E-state index contributed by atoms with van der Waals surface area (Å²) in [6.45, 7) is 7.69. The molecule has 4 heterocycles. The Morgan fingerprint density at radius 2 is 1.79 bits per heavy atom. The number of aryl methyl sites for hydroxylation is 1. The summed E-state index contributed by atoms with van der Waals surface area (Å²) in [7, 11) is 1.99. The van der Waals surface area contributed by atoms with Crippen molar-refractivity contribution in [2.75, 3.05) is 20.4 Å². The lowest BCUT2D eigenvalue weighted by molar-refractivity contribution is -0.183. The monoisotopic (exact) mass is 524 g/mol. The summed E-state index contributed by atoms with van der Waals surface area (Å²) in [4.78, 5) is 16.6. The van der Waals surface area contributed by atoms with E-state index in [-0.39, 0.29) is 49.0 Å². The largest absolute Gasteiger partial charge is 0.507 e. The molecule has 5 atom stereocenters. The molecule has 2 aromatic rings. The Morgan fingerprint density at radius 3 is 2.53 bits per heavy atom. The van der Waals surface area contributed by atoms with Crippen molar-refractivity contribution < 1.29 is 34.3 Å². The molecule has 4 aliphatic heterocycles. The van der Waals surface area contributed by atoms with Crippen LogP contribution >= 0.6 is 0 Å². The van der Waals surface area contributed by atoms with Crippen LogP contribution in [0.5, 0.6) is 23.0 Å². The fourth-order valence-corrected chi connectivity index (χ4v) is 7.13. The van der Waals surface area contributed by atoms with E-state index in [1.807, 2.05) is 32.7 Å². The van der Waals surface area contributed by atoms with Gasteiger partial charge in [-0.3, -0.25) is 14.6 Å². The summed E-state index contributed by atoms with van der Waals surface area (Å²) >= 11 is 0.